The summed E-state index contributed by atoms with van der Waals surface area (Å²) < 4.78 is 0. The Balaban J connectivity index is 2.31. The summed E-state index contributed by atoms with van der Waals surface area (Å²) in [5.41, 5.74) is 3.33. The molecule has 0 saturated carbocycles. The second-order valence-corrected chi connectivity index (χ2v) is 4.79. The molecule has 0 aliphatic rings. The van der Waals surface area contributed by atoms with Crippen LogP contribution in [0.25, 0.3) is 11.3 Å². The summed E-state index contributed by atoms with van der Waals surface area (Å²) in [6.07, 6.45) is 0. The first-order valence-corrected chi connectivity index (χ1v) is 6.32. The Kier molecular flexibility index (Phi) is 3.57. The van der Waals surface area contributed by atoms with Crippen LogP contribution >= 0.6 is 11.8 Å². The Morgan fingerprint density at radius 2 is 1.88 bits per heavy atom. The third kappa shape index (κ3) is 2.42. The number of nitrogens with zero attached hydrogens (tertiary/aromatic N) is 2. The first-order chi connectivity index (χ1) is 7.81. The Labute approximate surface area is 100 Å². The highest BCUT2D eigenvalue weighted by molar-refractivity contribution is 7.99. The zero-order chi connectivity index (χ0) is 11.4. The van der Waals surface area contributed by atoms with Gasteiger partial charge in [0.15, 0.2) is 0 Å². The minimum Gasteiger partial charge on any atom is -0.149 e. The van der Waals surface area contributed by atoms with Crippen molar-refractivity contribution in [2.24, 2.45) is 0 Å². The molecule has 1 aromatic carbocycles. The average molecular weight is 230 g/mol. The van der Waals surface area contributed by atoms with Crippen molar-refractivity contribution >= 4 is 11.8 Å². The molecule has 82 valence electrons. The van der Waals surface area contributed by atoms with E-state index < -0.39 is 0 Å². The lowest BCUT2D eigenvalue weighted by molar-refractivity contribution is 0.935. The largest absolute Gasteiger partial charge is 0.149 e. The number of thioether (sulfide) groups is 1. The lowest BCUT2D eigenvalue weighted by Gasteiger charge is -2.04. The van der Waals surface area contributed by atoms with Gasteiger partial charge in [-0.15, -0.1) is 22.0 Å². The molecule has 0 N–H and O–H groups in total. The molecular formula is C13H14N2S. The molecule has 0 atom stereocenters. The first-order valence-electron chi connectivity index (χ1n) is 5.34. The molecule has 0 aliphatic heterocycles. The highest BCUT2D eigenvalue weighted by atomic mass is 32.2. The maximum Gasteiger partial charge on any atom is 0.119 e. The van der Waals surface area contributed by atoms with Crippen LogP contribution in [0.3, 0.4) is 0 Å². The topological polar surface area (TPSA) is 25.8 Å². The Hall–Kier alpha value is -1.35. The minimum absolute atomic E-state index is 0.943. The third-order valence-corrected chi connectivity index (χ3v) is 3.16. The molecule has 1 heterocycles. The van der Waals surface area contributed by atoms with E-state index in [1.165, 1.54) is 5.56 Å². The van der Waals surface area contributed by atoms with Crippen LogP contribution in [0.1, 0.15) is 12.5 Å². The van der Waals surface area contributed by atoms with E-state index in [9.17, 15) is 0 Å². The normalized spacial score (nSPS) is 10.4. The monoisotopic (exact) mass is 230 g/mol. The van der Waals surface area contributed by atoms with Crippen molar-refractivity contribution in [2.75, 3.05) is 5.75 Å². The Morgan fingerprint density at radius 1 is 1.06 bits per heavy atom. The van der Waals surface area contributed by atoms with Crippen LogP contribution in [0.5, 0.6) is 0 Å². The first kappa shape index (κ1) is 11.1. The van der Waals surface area contributed by atoms with Gasteiger partial charge in [0.05, 0.1) is 5.69 Å². The molecule has 16 heavy (non-hydrogen) atoms. The molecule has 0 saturated heterocycles. The van der Waals surface area contributed by atoms with Gasteiger partial charge in [0.25, 0.3) is 0 Å². The molecule has 0 amide bonds. The number of rotatable bonds is 3. The lowest BCUT2D eigenvalue weighted by Crippen LogP contribution is -1.91. The van der Waals surface area contributed by atoms with Gasteiger partial charge < -0.3 is 0 Å². The van der Waals surface area contributed by atoms with Gasteiger partial charge in [0.1, 0.15) is 5.03 Å². The van der Waals surface area contributed by atoms with Gasteiger partial charge in [-0.1, -0.05) is 31.2 Å². The molecule has 0 radical (unpaired) electrons. The van der Waals surface area contributed by atoms with Crippen molar-refractivity contribution in [1.29, 1.82) is 0 Å². The smallest absolute Gasteiger partial charge is 0.119 e. The zero-order valence-corrected chi connectivity index (χ0v) is 10.3. The standard InChI is InChI=1S/C13H14N2S/c1-3-16-13-9-8-12(14-15-13)11-7-5-4-6-10(11)2/h4-9H,3H2,1-2H3. The van der Waals surface area contributed by atoms with Crippen LogP contribution in [-0.4, -0.2) is 16.0 Å². The quantitative estimate of drug-likeness (QED) is 0.754. The van der Waals surface area contributed by atoms with Crippen LogP contribution in [0, 0.1) is 6.92 Å². The van der Waals surface area contributed by atoms with E-state index in [-0.39, 0.29) is 0 Å². The summed E-state index contributed by atoms with van der Waals surface area (Å²) in [7, 11) is 0. The van der Waals surface area contributed by atoms with Crippen molar-refractivity contribution in [3.05, 3.63) is 42.0 Å². The van der Waals surface area contributed by atoms with Gasteiger partial charge in [-0.3, -0.25) is 0 Å². The predicted molar refractivity (Wildman–Crippen MR) is 68.6 cm³/mol. The van der Waals surface area contributed by atoms with E-state index >= 15 is 0 Å². The molecule has 2 rings (SSSR count). The van der Waals surface area contributed by atoms with Gasteiger partial charge in [-0.25, -0.2) is 0 Å². The highest BCUT2D eigenvalue weighted by Crippen LogP contribution is 2.22. The average Bonchev–Trinajstić information content (AvgIpc) is 2.31. The summed E-state index contributed by atoms with van der Waals surface area (Å²) in [4.78, 5) is 0. The van der Waals surface area contributed by atoms with E-state index in [2.05, 4.69) is 36.2 Å². The van der Waals surface area contributed by atoms with Crippen molar-refractivity contribution in [2.45, 2.75) is 18.9 Å². The van der Waals surface area contributed by atoms with E-state index in [1.807, 2.05) is 24.3 Å². The third-order valence-electron chi connectivity index (χ3n) is 2.35. The summed E-state index contributed by atoms with van der Waals surface area (Å²) in [5.74, 6) is 1.03. The van der Waals surface area contributed by atoms with Crippen LogP contribution in [0.4, 0.5) is 0 Å². The molecule has 0 bridgehead atoms. The van der Waals surface area contributed by atoms with E-state index in [1.54, 1.807) is 11.8 Å². The summed E-state index contributed by atoms with van der Waals surface area (Å²) in [5, 5.41) is 9.44. The minimum atomic E-state index is 0.943. The Bertz CT molecular complexity index is 466. The van der Waals surface area contributed by atoms with Crippen molar-refractivity contribution in [1.82, 2.24) is 10.2 Å². The fourth-order valence-corrected chi connectivity index (χ4v) is 2.11. The zero-order valence-electron chi connectivity index (χ0n) is 9.47. The van der Waals surface area contributed by atoms with E-state index in [0.717, 1.165) is 22.0 Å². The van der Waals surface area contributed by atoms with Crippen molar-refractivity contribution in [3.8, 4) is 11.3 Å². The van der Waals surface area contributed by atoms with Gasteiger partial charge in [-0.2, -0.15) is 0 Å². The second kappa shape index (κ2) is 5.12. The van der Waals surface area contributed by atoms with Crippen LogP contribution < -0.4 is 0 Å². The number of aromatic nitrogens is 2. The van der Waals surface area contributed by atoms with Crippen molar-refractivity contribution < 1.29 is 0 Å². The van der Waals surface area contributed by atoms with Gasteiger partial charge in [-0.05, 0) is 30.4 Å². The molecule has 0 spiro atoms. The number of aryl methyl sites for hydroxylation is 1. The molecule has 0 fully saturated rings. The molecule has 0 aliphatic carbocycles. The molecule has 2 nitrogen and oxygen atoms in total. The van der Waals surface area contributed by atoms with Gasteiger partial charge in [0, 0.05) is 5.56 Å². The highest BCUT2D eigenvalue weighted by Gasteiger charge is 2.03. The number of hydrogen-bond donors (Lipinski definition) is 0. The molecule has 3 heteroatoms. The van der Waals surface area contributed by atoms with Gasteiger partial charge in [0.2, 0.25) is 0 Å². The SMILES string of the molecule is CCSc1ccc(-c2ccccc2C)nn1. The molecule has 0 unspecified atom stereocenters. The molecule has 2 aromatic rings. The van der Waals surface area contributed by atoms with Crippen LogP contribution in [-0.2, 0) is 0 Å². The fourth-order valence-electron chi connectivity index (χ4n) is 1.55. The van der Waals surface area contributed by atoms with Crippen LogP contribution in [0.15, 0.2) is 41.4 Å². The van der Waals surface area contributed by atoms with Crippen LogP contribution in [0.2, 0.25) is 0 Å². The maximum absolute atomic E-state index is 4.26. The molecule has 1 aromatic heterocycles. The summed E-state index contributed by atoms with van der Waals surface area (Å²) in [6, 6.07) is 12.3. The maximum atomic E-state index is 4.26. The Morgan fingerprint density at radius 3 is 2.50 bits per heavy atom. The predicted octanol–water partition coefficient (Wildman–Crippen LogP) is 3.56. The fraction of sp³-hybridized carbons (Fsp3) is 0.231. The van der Waals surface area contributed by atoms with Crippen molar-refractivity contribution in [3.63, 3.8) is 0 Å². The molecular weight excluding hydrogens is 216 g/mol. The van der Waals surface area contributed by atoms with E-state index in [0.29, 0.717) is 0 Å². The number of hydrogen-bond acceptors (Lipinski definition) is 3. The van der Waals surface area contributed by atoms with E-state index in [4.69, 9.17) is 0 Å². The van der Waals surface area contributed by atoms with Gasteiger partial charge >= 0.3 is 0 Å². The number of benzene rings is 1. The second-order valence-electron chi connectivity index (χ2n) is 3.50. The summed E-state index contributed by atoms with van der Waals surface area (Å²) >= 11 is 1.71. The summed E-state index contributed by atoms with van der Waals surface area (Å²) in [6.45, 7) is 4.20. The lowest BCUT2D eigenvalue weighted by atomic mass is 10.1.